The summed E-state index contributed by atoms with van der Waals surface area (Å²) in [5.41, 5.74) is 28.6. The van der Waals surface area contributed by atoms with E-state index in [0.29, 0.717) is 69.5 Å². The maximum atomic E-state index is 12.7. The number of aliphatic hydroxyl groups is 4. The largest absolute Gasteiger partial charge is 0.389 e. The standard InChI is InChI=1S/C41H60N12O8/c42-30-18-32(44)40(38(58)36(30)56)60-15-3-1-5-28-20-52(50-48-28)22-34(54)46-26-11-7-24(8-12-26)17-25-9-13-27(14-10-25)47-35(55)23-53-21-29(49-51-53)6-2-4-16-61-41-33(45)19-31(43)37(57)39(41)59/h7-14,20-21,30-33,36-41,56-59H,1-6,15-19,22-23,42-45H2,(H,46,54)(H,47,55)/t30-,31-,32+,33+,36+,37+,38-,39-,40-,41-/m1/s1. The number of unbranched alkanes of at least 4 members (excludes halogenated alkanes) is 2. The van der Waals surface area contributed by atoms with Crippen LogP contribution in [0.5, 0.6) is 0 Å². The Morgan fingerprint density at radius 1 is 0.590 bits per heavy atom. The van der Waals surface area contributed by atoms with Crippen LogP contribution in [0, 0.1) is 0 Å². The molecule has 4 aromatic rings. The second kappa shape index (κ2) is 21.9. The van der Waals surface area contributed by atoms with Gasteiger partial charge in [-0.15, -0.1) is 10.2 Å². The van der Waals surface area contributed by atoms with Crippen LogP contribution in [0.1, 0.15) is 61.0 Å². The van der Waals surface area contributed by atoms with E-state index in [1.807, 2.05) is 48.5 Å². The molecule has 6 rings (SSSR count). The number of anilines is 2. The number of aromatic nitrogens is 6. The van der Waals surface area contributed by atoms with E-state index in [0.717, 1.165) is 35.4 Å². The van der Waals surface area contributed by atoms with Gasteiger partial charge in [-0.05, 0) is 93.2 Å². The minimum absolute atomic E-state index is 0.00810. The maximum absolute atomic E-state index is 12.7. The zero-order valence-corrected chi connectivity index (χ0v) is 34.2. The summed E-state index contributed by atoms with van der Waals surface area (Å²) in [6.07, 6.45) is 3.36. The number of nitrogens with one attached hydrogen (secondary N) is 2. The van der Waals surface area contributed by atoms with Crippen LogP contribution in [0.25, 0.3) is 0 Å². The van der Waals surface area contributed by atoms with Crippen molar-refractivity contribution in [3.63, 3.8) is 0 Å². The van der Waals surface area contributed by atoms with Crippen molar-refractivity contribution in [2.24, 2.45) is 22.9 Å². The minimum Gasteiger partial charge on any atom is -0.389 e. The smallest absolute Gasteiger partial charge is 0.246 e. The number of ether oxygens (including phenoxy) is 2. The van der Waals surface area contributed by atoms with Gasteiger partial charge in [-0.3, -0.25) is 9.59 Å². The van der Waals surface area contributed by atoms with Crippen LogP contribution < -0.4 is 33.6 Å². The lowest BCUT2D eigenvalue weighted by Crippen LogP contribution is -2.62. The van der Waals surface area contributed by atoms with Gasteiger partial charge in [0.2, 0.25) is 11.8 Å². The van der Waals surface area contributed by atoms with Gasteiger partial charge in [-0.1, -0.05) is 34.7 Å². The number of amides is 2. The quantitative estimate of drug-likeness (QED) is 0.0463. The van der Waals surface area contributed by atoms with Crippen molar-refractivity contribution in [3.8, 4) is 0 Å². The van der Waals surface area contributed by atoms with Crippen molar-refractivity contribution in [1.29, 1.82) is 0 Å². The van der Waals surface area contributed by atoms with Gasteiger partial charge in [0.1, 0.15) is 37.5 Å². The van der Waals surface area contributed by atoms with Gasteiger partial charge in [0, 0.05) is 61.1 Å². The van der Waals surface area contributed by atoms with Crippen LogP contribution in [-0.4, -0.2) is 136 Å². The summed E-state index contributed by atoms with van der Waals surface area (Å²) in [6.45, 7) is 0.750. The molecule has 20 nitrogen and oxygen atoms in total. The molecule has 14 N–H and O–H groups in total. The molecule has 0 unspecified atom stereocenters. The molecule has 10 atom stereocenters. The Kier molecular flexibility index (Phi) is 16.4. The predicted octanol–water partition coefficient (Wildman–Crippen LogP) is -1.29. The van der Waals surface area contributed by atoms with Gasteiger partial charge in [0.15, 0.2) is 0 Å². The van der Waals surface area contributed by atoms with E-state index in [1.54, 1.807) is 12.4 Å². The zero-order valence-electron chi connectivity index (χ0n) is 34.2. The monoisotopic (exact) mass is 848 g/mol. The summed E-state index contributed by atoms with van der Waals surface area (Å²) in [4.78, 5) is 25.4. The minimum atomic E-state index is -1.12. The normalized spacial score (nSPS) is 26.6. The number of rotatable bonds is 20. The summed E-state index contributed by atoms with van der Waals surface area (Å²) in [5.74, 6) is -0.474. The van der Waals surface area contributed by atoms with Crippen molar-refractivity contribution in [2.45, 2.75) is 132 Å². The Balaban J connectivity index is 0.839. The molecule has 61 heavy (non-hydrogen) atoms. The first-order chi connectivity index (χ1) is 29.3. The third-order valence-electron chi connectivity index (χ3n) is 11.1. The van der Waals surface area contributed by atoms with Crippen molar-refractivity contribution in [3.05, 3.63) is 83.4 Å². The van der Waals surface area contributed by atoms with Gasteiger partial charge in [-0.2, -0.15) is 0 Å². The average Bonchev–Trinajstić information content (AvgIpc) is 3.88. The van der Waals surface area contributed by atoms with E-state index in [4.69, 9.17) is 32.4 Å². The number of aliphatic hydroxyl groups excluding tert-OH is 4. The fourth-order valence-corrected chi connectivity index (χ4v) is 7.68. The molecular formula is C41H60N12O8. The topological polar surface area (TPSA) is 323 Å². The Morgan fingerprint density at radius 3 is 1.38 bits per heavy atom. The predicted molar refractivity (Wildman–Crippen MR) is 224 cm³/mol. The Hall–Kier alpha value is -4.74. The first-order valence-corrected chi connectivity index (χ1v) is 20.9. The van der Waals surface area contributed by atoms with Gasteiger partial charge in [-0.25, -0.2) is 9.36 Å². The van der Waals surface area contributed by atoms with Crippen LogP contribution in [0.15, 0.2) is 60.9 Å². The first kappa shape index (κ1) is 45.8. The molecular weight excluding hydrogens is 789 g/mol. The highest BCUT2D eigenvalue weighted by Gasteiger charge is 2.42. The molecule has 332 valence electrons. The van der Waals surface area contributed by atoms with Gasteiger partial charge >= 0.3 is 0 Å². The van der Waals surface area contributed by atoms with E-state index in [-0.39, 0.29) is 24.9 Å². The van der Waals surface area contributed by atoms with Gasteiger partial charge in [0.25, 0.3) is 0 Å². The number of aryl methyl sites for hydroxylation is 2. The number of carbonyl (C=O) groups is 2. The second-order valence-electron chi connectivity index (χ2n) is 16.2. The number of benzene rings is 2. The fourth-order valence-electron chi connectivity index (χ4n) is 7.68. The zero-order chi connectivity index (χ0) is 43.5. The Morgan fingerprint density at radius 2 is 0.984 bits per heavy atom. The van der Waals surface area contributed by atoms with Crippen LogP contribution in [0.2, 0.25) is 0 Å². The third-order valence-corrected chi connectivity index (χ3v) is 11.1. The Bertz CT molecular complexity index is 1840. The maximum Gasteiger partial charge on any atom is 0.246 e. The molecule has 2 saturated carbocycles. The molecule has 0 radical (unpaired) electrons. The molecule has 20 heteroatoms. The van der Waals surface area contributed by atoms with E-state index >= 15 is 0 Å². The molecule has 2 heterocycles. The molecule has 2 amide bonds. The molecule has 2 aliphatic rings. The Labute approximate surface area is 353 Å². The number of nitrogens with two attached hydrogens (primary N) is 4. The highest BCUT2D eigenvalue weighted by atomic mass is 16.5. The average molecular weight is 849 g/mol. The summed E-state index contributed by atoms with van der Waals surface area (Å²) >= 11 is 0. The highest BCUT2D eigenvalue weighted by molar-refractivity contribution is 5.91. The summed E-state index contributed by atoms with van der Waals surface area (Å²) in [5, 5.41) is 62.8. The van der Waals surface area contributed by atoms with Crippen LogP contribution in [-0.2, 0) is 51.4 Å². The van der Waals surface area contributed by atoms with Gasteiger partial charge in [0.05, 0.1) is 23.6 Å². The lowest BCUT2D eigenvalue weighted by atomic mass is 9.85. The van der Waals surface area contributed by atoms with Crippen molar-refractivity contribution < 1.29 is 39.5 Å². The number of carbonyl (C=O) groups excluding carboxylic acids is 2. The second-order valence-corrected chi connectivity index (χ2v) is 16.2. The molecule has 0 saturated heterocycles. The SMILES string of the molecule is N[C@@H]1C[C@H](N)[C@@H](OCCCCc2cn(CC(=O)Nc3ccc(Cc4ccc(NC(=O)Cn5cc(CCCCO[C@H]6[C@H](O)[C@@H](O)[C@H](N)C[C@@H]6N)nn5)cc4)cc3)nn2)[C@H](O)[C@H]1O. The molecule has 0 aliphatic heterocycles. The molecule has 2 aromatic carbocycles. The van der Waals surface area contributed by atoms with E-state index in [2.05, 4.69) is 31.3 Å². The van der Waals surface area contributed by atoms with Crippen molar-refractivity contribution >= 4 is 23.2 Å². The van der Waals surface area contributed by atoms with Crippen LogP contribution >= 0.6 is 0 Å². The summed E-state index contributed by atoms with van der Waals surface area (Å²) < 4.78 is 14.5. The number of hydrogen-bond acceptors (Lipinski definition) is 16. The van der Waals surface area contributed by atoms with Crippen molar-refractivity contribution in [2.75, 3.05) is 23.8 Å². The van der Waals surface area contributed by atoms with Crippen LogP contribution in [0.3, 0.4) is 0 Å². The van der Waals surface area contributed by atoms with E-state index in [1.165, 1.54) is 9.36 Å². The molecule has 2 aromatic heterocycles. The summed E-state index contributed by atoms with van der Waals surface area (Å²) in [6, 6.07) is 13.2. The molecule has 0 bridgehead atoms. The molecule has 2 aliphatic carbocycles. The van der Waals surface area contributed by atoms with Crippen molar-refractivity contribution in [1.82, 2.24) is 30.0 Å². The highest BCUT2D eigenvalue weighted by Crippen LogP contribution is 2.23. The van der Waals surface area contributed by atoms with E-state index < -0.39 is 60.8 Å². The lowest BCUT2D eigenvalue weighted by molar-refractivity contribution is -0.127. The number of hydrogen-bond donors (Lipinski definition) is 10. The van der Waals surface area contributed by atoms with E-state index in [9.17, 15) is 30.0 Å². The fraction of sp³-hybridized carbons (Fsp3) is 0.561. The number of nitrogens with zero attached hydrogens (tertiary/aromatic N) is 6. The lowest BCUT2D eigenvalue weighted by Gasteiger charge is -2.39. The summed E-state index contributed by atoms with van der Waals surface area (Å²) in [7, 11) is 0. The van der Waals surface area contributed by atoms with Gasteiger partial charge < -0.3 is 63.5 Å². The third kappa shape index (κ3) is 13.1. The molecule has 2 fully saturated rings. The first-order valence-electron chi connectivity index (χ1n) is 20.9. The molecule has 0 spiro atoms. The van der Waals surface area contributed by atoms with Crippen LogP contribution in [0.4, 0.5) is 11.4 Å².